The molecule has 22 heavy (non-hydrogen) atoms. The molecule has 0 radical (unpaired) electrons. The molecule has 4 heteroatoms. The van der Waals surface area contributed by atoms with Gasteiger partial charge in [-0.1, -0.05) is 18.2 Å². The summed E-state index contributed by atoms with van der Waals surface area (Å²) in [6, 6.07) is 8.00. The summed E-state index contributed by atoms with van der Waals surface area (Å²) in [4.78, 5) is 26.9. The van der Waals surface area contributed by atoms with Crippen molar-refractivity contribution in [3.63, 3.8) is 0 Å². The number of H-pyrrole nitrogens is 1. The molecule has 0 aliphatic carbocycles. The molecule has 0 saturated heterocycles. The first-order valence-corrected chi connectivity index (χ1v) is 7.67. The van der Waals surface area contributed by atoms with Crippen LogP contribution in [-0.4, -0.2) is 22.6 Å². The Hall–Kier alpha value is -1.94. The van der Waals surface area contributed by atoms with Crippen molar-refractivity contribution in [2.24, 2.45) is 11.1 Å². The molecule has 0 bridgehead atoms. The van der Waals surface area contributed by atoms with Gasteiger partial charge in [-0.2, -0.15) is 0 Å². The van der Waals surface area contributed by atoms with Gasteiger partial charge >= 0.3 is 0 Å². The van der Waals surface area contributed by atoms with Crippen molar-refractivity contribution in [1.29, 1.82) is 0 Å². The topological polar surface area (TPSA) is 75.9 Å². The van der Waals surface area contributed by atoms with Gasteiger partial charge in [-0.25, -0.2) is 0 Å². The van der Waals surface area contributed by atoms with E-state index in [0.717, 1.165) is 11.9 Å². The molecule has 2 aromatic rings. The third-order valence-corrected chi connectivity index (χ3v) is 4.48. The summed E-state index contributed by atoms with van der Waals surface area (Å²) >= 11 is 0. The van der Waals surface area contributed by atoms with Crippen molar-refractivity contribution in [1.82, 2.24) is 4.98 Å². The first-order chi connectivity index (χ1) is 10.3. The fourth-order valence-corrected chi connectivity index (χ4v) is 2.51. The summed E-state index contributed by atoms with van der Waals surface area (Å²) in [5.74, 6) is -0.128. The molecule has 0 unspecified atom stereocenters. The maximum Gasteiger partial charge on any atom is 0.145 e. The van der Waals surface area contributed by atoms with Crippen molar-refractivity contribution in [2.75, 3.05) is 0 Å². The Morgan fingerprint density at radius 3 is 2.64 bits per heavy atom. The largest absolute Gasteiger partial charge is 0.361 e. The number of carbonyl (C=O) groups excluding carboxylic acids is 2. The second-order valence-electron chi connectivity index (χ2n) is 6.47. The number of nitrogens with one attached hydrogen (secondary N) is 1. The first-order valence-electron chi connectivity index (χ1n) is 7.67. The van der Waals surface area contributed by atoms with E-state index in [-0.39, 0.29) is 17.6 Å². The number of carbonyl (C=O) groups is 2. The Balaban J connectivity index is 1.95. The van der Waals surface area contributed by atoms with E-state index in [4.69, 9.17) is 5.73 Å². The van der Waals surface area contributed by atoms with Crippen molar-refractivity contribution in [3.05, 3.63) is 36.0 Å². The molecule has 2 rings (SSSR count). The Labute approximate surface area is 131 Å². The van der Waals surface area contributed by atoms with Crippen molar-refractivity contribution < 1.29 is 9.59 Å². The van der Waals surface area contributed by atoms with E-state index in [9.17, 15) is 9.59 Å². The lowest BCUT2D eigenvalue weighted by Crippen LogP contribution is -2.33. The molecule has 0 aliphatic rings. The standard InChI is InChI=1S/C18H24N2O2/c1-12(21)18(2,3)17(22)9-8-14(19)10-13-11-20-16-7-5-4-6-15(13)16/h4-7,11,14,20H,8-10,19H2,1-3H3/t14-/m0/s1. The van der Waals surface area contributed by atoms with Gasteiger partial charge in [-0.3, -0.25) is 9.59 Å². The summed E-state index contributed by atoms with van der Waals surface area (Å²) < 4.78 is 0. The zero-order chi connectivity index (χ0) is 16.3. The lowest BCUT2D eigenvalue weighted by molar-refractivity contribution is -0.137. The van der Waals surface area contributed by atoms with Gasteiger partial charge in [-0.15, -0.1) is 0 Å². The predicted octanol–water partition coefficient (Wildman–Crippen LogP) is 3.00. The van der Waals surface area contributed by atoms with E-state index in [1.54, 1.807) is 13.8 Å². The zero-order valence-corrected chi connectivity index (χ0v) is 13.5. The van der Waals surface area contributed by atoms with Crippen molar-refractivity contribution in [2.45, 2.75) is 46.1 Å². The average Bonchev–Trinajstić information content (AvgIpc) is 2.88. The van der Waals surface area contributed by atoms with E-state index in [1.165, 1.54) is 17.9 Å². The van der Waals surface area contributed by atoms with Crippen LogP contribution in [0.4, 0.5) is 0 Å². The number of ketones is 2. The maximum atomic E-state index is 12.1. The van der Waals surface area contributed by atoms with Crippen LogP contribution in [0.25, 0.3) is 10.9 Å². The Morgan fingerprint density at radius 2 is 1.95 bits per heavy atom. The van der Waals surface area contributed by atoms with Crippen LogP contribution < -0.4 is 5.73 Å². The molecule has 1 aromatic heterocycles. The van der Waals surface area contributed by atoms with Gasteiger partial charge < -0.3 is 10.7 Å². The predicted molar refractivity (Wildman–Crippen MR) is 88.7 cm³/mol. The molecule has 0 aliphatic heterocycles. The monoisotopic (exact) mass is 300 g/mol. The number of para-hydroxylation sites is 1. The highest BCUT2D eigenvalue weighted by Gasteiger charge is 2.32. The fourth-order valence-electron chi connectivity index (χ4n) is 2.51. The third kappa shape index (κ3) is 3.45. The number of hydrogen-bond donors (Lipinski definition) is 2. The normalized spacial score (nSPS) is 13.3. The summed E-state index contributed by atoms with van der Waals surface area (Å²) in [7, 11) is 0. The number of aromatic amines is 1. The molecule has 1 aromatic carbocycles. The minimum atomic E-state index is -0.902. The van der Waals surface area contributed by atoms with Gasteiger partial charge in [0.05, 0.1) is 5.41 Å². The number of aromatic nitrogens is 1. The van der Waals surface area contributed by atoms with Crippen LogP contribution in [0.2, 0.25) is 0 Å². The van der Waals surface area contributed by atoms with Gasteiger partial charge in [0.25, 0.3) is 0 Å². The first kappa shape index (κ1) is 16.4. The molecule has 118 valence electrons. The number of fused-ring (bicyclic) bond motifs is 1. The number of benzene rings is 1. The minimum Gasteiger partial charge on any atom is -0.361 e. The lowest BCUT2D eigenvalue weighted by Gasteiger charge is -2.20. The zero-order valence-electron chi connectivity index (χ0n) is 13.5. The van der Waals surface area contributed by atoms with Gasteiger partial charge in [0.2, 0.25) is 0 Å². The molecule has 0 fully saturated rings. The Kier molecular flexibility index (Phi) is 4.81. The fraction of sp³-hybridized carbons (Fsp3) is 0.444. The van der Waals surface area contributed by atoms with Gasteiger partial charge in [0, 0.05) is 29.6 Å². The summed E-state index contributed by atoms with van der Waals surface area (Å²) in [6.07, 6.45) is 3.63. The number of rotatable bonds is 7. The molecule has 1 heterocycles. The van der Waals surface area contributed by atoms with Gasteiger partial charge in [-0.05, 0) is 45.2 Å². The van der Waals surface area contributed by atoms with E-state index in [0.29, 0.717) is 12.8 Å². The second kappa shape index (κ2) is 6.44. The van der Waals surface area contributed by atoms with Crippen LogP contribution in [0.3, 0.4) is 0 Å². The molecule has 3 N–H and O–H groups in total. The van der Waals surface area contributed by atoms with Crippen LogP contribution in [0.5, 0.6) is 0 Å². The summed E-state index contributed by atoms with van der Waals surface area (Å²) in [5, 5.41) is 1.17. The highest BCUT2D eigenvalue weighted by Crippen LogP contribution is 2.23. The van der Waals surface area contributed by atoms with Crippen LogP contribution >= 0.6 is 0 Å². The summed E-state index contributed by atoms with van der Waals surface area (Å²) in [5.41, 5.74) is 7.53. The Bertz CT molecular complexity index is 685. The molecule has 0 amide bonds. The third-order valence-electron chi connectivity index (χ3n) is 4.48. The van der Waals surface area contributed by atoms with Gasteiger partial charge in [0.15, 0.2) is 0 Å². The summed E-state index contributed by atoms with van der Waals surface area (Å²) in [6.45, 7) is 4.83. The van der Waals surface area contributed by atoms with Crippen molar-refractivity contribution >= 4 is 22.5 Å². The van der Waals surface area contributed by atoms with Crippen LogP contribution in [-0.2, 0) is 16.0 Å². The van der Waals surface area contributed by atoms with E-state index in [1.807, 2.05) is 24.4 Å². The van der Waals surface area contributed by atoms with E-state index < -0.39 is 5.41 Å². The average molecular weight is 300 g/mol. The second-order valence-corrected chi connectivity index (χ2v) is 6.47. The molecule has 1 atom stereocenters. The number of nitrogens with two attached hydrogens (primary N) is 1. The van der Waals surface area contributed by atoms with Crippen LogP contribution in [0, 0.1) is 5.41 Å². The van der Waals surface area contributed by atoms with E-state index >= 15 is 0 Å². The lowest BCUT2D eigenvalue weighted by atomic mass is 9.81. The van der Waals surface area contributed by atoms with Crippen LogP contribution in [0.1, 0.15) is 39.2 Å². The quantitative estimate of drug-likeness (QED) is 0.772. The smallest absolute Gasteiger partial charge is 0.145 e. The molecule has 0 spiro atoms. The van der Waals surface area contributed by atoms with E-state index in [2.05, 4.69) is 11.1 Å². The minimum absolute atomic E-state index is 0.0330. The molecule has 4 nitrogen and oxygen atoms in total. The molecule has 0 saturated carbocycles. The van der Waals surface area contributed by atoms with Gasteiger partial charge in [0.1, 0.15) is 11.6 Å². The number of Topliss-reactive ketones (excluding diaryl/α,β-unsaturated/α-hetero) is 2. The van der Waals surface area contributed by atoms with Crippen molar-refractivity contribution in [3.8, 4) is 0 Å². The molecular weight excluding hydrogens is 276 g/mol. The highest BCUT2D eigenvalue weighted by molar-refractivity contribution is 6.05. The molecular formula is C18H24N2O2. The Morgan fingerprint density at radius 1 is 1.27 bits per heavy atom. The highest BCUT2D eigenvalue weighted by atomic mass is 16.2. The maximum absolute atomic E-state index is 12.1. The van der Waals surface area contributed by atoms with Crippen LogP contribution in [0.15, 0.2) is 30.5 Å². The SMILES string of the molecule is CC(=O)C(C)(C)C(=O)CC[C@H](N)Cc1c[nH]c2ccccc12. The number of hydrogen-bond acceptors (Lipinski definition) is 3.